The van der Waals surface area contributed by atoms with Crippen molar-refractivity contribution in [2.45, 2.75) is 83.5 Å². The first-order valence-corrected chi connectivity index (χ1v) is 10.1. The smallest absolute Gasteiger partial charge is 0.229 e. The monoisotopic (exact) mass is 346 g/mol. The molecule has 0 radical (unpaired) electrons. The summed E-state index contributed by atoms with van der Waals surface area (Å²) >= 11 is 0. The normalized spacial score (nSPS) is 57.4. The molecular formula is C21H30O4. The van der Waals surface area contributed by atoms with Crippen molar-refractivity contribution in [3.8, 4) is 0 Å². The van der Waals surface area contributed by atoms with E-state index in [0.29, 0.717) is 30.0 Å². The SMILES string of the molecule is CC1(O)OOC12CC[C@H]1[C@@H]3CCC4=CC(=O)CC[C@]4(C)[C@H]3CC[C@@]12C. The predicted molar refractivity (Wildman–Crippen MR) is 92.2 cm³/mol. The minimum Gasteiger partial charge on any atom is -0.361 e. The van der Waals surface area contributed by atoms with Gasteiger partial charge in [0.15, 0.2) is 11.4 Å². The highest BCUT2D eigenvalue weighted by Gasteiger charge is 2.76. The maximum absolute atomic E-state index is 11.9. The van der Waals surface area contributed by atoms with Crippen LogP contribution < -0.4 is 0 Å². The highest BCUT2D eigenvalue weighted by molar-refractivity contribution is 5.91. The lowest BCUT2D eigenvalue weighted by molar-refractivity contribution is -0.617. The Morgan fingerprint density at radius 3 is 2.44 bits per heavy atom. The Bertz CT molecular complexity index is 667. The predicted octanol–water partition coefficient (Wildman–Crippen LogP) is 3.93. The van der Waals surface area contributed by atoms with Gasteiger partial charge in [0.25, 0.3) is 0 Å². The number of hydrogen-bond acceptors (Lipinski definition) is 4. The van der Waals surface area contributed by atoms with E-state index < -0.39 is 11.4 Å². The Kier molecular flexibility index (Phi) is 3.14. The zero-order valence-corrected chi connectivity index (χ0v) is 15.6. The standard InChI is InChI=1S/C21H30O4/c1-18-9-6-14(22)12-13(18)4-5-15-16(18)7-10-19(2)17(15)8-11-21(19)20(3,23)24-25-21/h12,15-17,23H,4-11H2,1-3H3/t15-,16+,17+,18+,19+,20?,21?/m1/s1. The lowest BCUT2D eigenvalue weighted by Gasteiger charge is -2.63. The summed E-state index contributed by atoms with van der Waals surface area (Å²) in [4.78, 5) is 22.7. The van der Waals surface area contributed by atoms with Gasteiger partial charge in [-0.15, -0.1) is 0 Å². The van der Waals surface area contributed by atoms with Gasteiger partial charge in [0, 0.05) is 11.8 Å². The van der Waals surface area contributed by atoms with E-state index in [0.717, 1.165) is 32.1 Å². The molecule has 0 aromatic carbocycles. The Labute approximate surface area is 149 Å². The van der Waals surface area contributed by atoms with Crippen LogP contribution in [0.1, 0.15) is 72.1 Å². The van der Waals surface area contributed by atoms with Gasteiger partial charge in [0.05, 0.1) is 0 Å². The maximum atomic E-state index is 11.9. The van der Waals surface area contributed by atoms with Gasteiger partial charge in [-0.05, 0) is 81.1 Å². The van der Waals surface area contributed by atoms with Gasteiger partial charge < -0.3 is 5.11 Å². The van der Waals surface area contributed by atoms with Crippen LogP contribution in [0.15, 0.2) is 11.6 Å². The summed E-state index contributed by atoms with van der Waals surface area (Å²) in [6.45, 7) is 6.51. The summed E-state index contributed by atoms with van der Waals surface area (Å²) in [5, 5.41) is 10.7. The van der Waals surface area contributed by atoms with Gasteiger partial charge in [-0.1, -0.05) is 19.4 Å². The quantitative estimate of drug-likeness (QED) is 0.675. The van der Waals surface area contributed by atoms with Crippen molar-refractivity contribution < 1.29 is 19.7 Å². The van der Waals surface area contributed by atoms with Crippen molar-refractivity contribution >= 4 is 5.78 Å². The number of carbonyl (C=O) groups is 1. The molecule has 2 unspecified atom stereocenters. The Balaban J connectivity index is 1.50. The minimum absolute atomic E-state index is 0.0159. The molecule has 7 atom stereocenters. The van der Waals surface area contributed by atoms with Crippen molar-refractivity contribution in [2.75, 3.05) is 0 Å². The third-order valence-electron chi connectivity index (χ3n) is 9.18. The van der Waals surface area contributed by atoms with Crippen LogP contribution in [0, 0.1) is 28.6 Å². The molecule has 0 aromatic heterocycles. The van der Waals surface area contributed by atoms with E-state index in [4.69, 9.17) is 9.78 Å². The number of rotatable bonds is 0. The van der Waals surface area contributed by atoms with E-state index in [1.165, 1.54) is 18.4 Å². The Morgan fingerprint density at radius 1 is 1.00 bits per heavy atom. The highest BCUT2D eigenvalue weighted by atomic mass is 17.3. The number of hydrogen-bond donors (Lipinski definition) is 1. The van der Waals surface area contributed by atoms with E-state index in [-0.39, 0.29) is 10.8 Å². The molecule has 5 rings (SSSR count). The lowest BCUT2D eigenvalue weighted by atomic mass is 9.46. The second-order valence-electron chi connectivity index (χ2n) is 9.94. The zero-order valence-electron chi connectivity index (χ0n) is 15.6. The molecule has 25 heavy (non-hydrogen) atoms. The summed E-state index contributed by atoms with van der Waals surface area (Å²) in [5.74, 6) is 1.08. The number of ketones is 1. The van der Waals surface area contributed by atoms with Gasteiger partial charge in [-0.2, -0.15) is 4.89 Å². The van der Waals surface area contributed by atoms with Gasteiger partial charge in [-0.25, -0.2) is 4.89 Å². The van der Waals surface area contributed by atoms with Crippen LogP contribution in [-0.2, 0) is 14.6 Å². The van der Waals surface area contributed by atoms with E-state index >= 15 is 0 Å². The lowest BCUT2D eigenvalue weighted by Crippen LogP contribution is -2.72. The van der Waals surface area contributed by atoms with Crippen LogP contribution in [0.4, 0.5) is 0 Å². The molecule has 5 aliphatic rings. The molecule has 0 aromatic rings. The average Bonchev–Trinajstić information content (AvgIpc) is 2.90. The fourth-order valence-corrected chi connectivity index (χ4v) is 7.72. The average molecular weight is 346 g/mol. The maximum Gasteiger partial charge on any atom is 0.229 e. The second-order valence-corrected chi connectivity index (χ2v) is 9.94. The molecule has 4 nitrogen and oxygen atoms in total. The van der Waals surface area contributed by atoms with E-state index in [1.807, 2.05) is 6.08 Å². The largest absolute Gasteiger partial charge is 0.361 e. The van der Waals surface area contributed by atoms with Crippen molar-refractivity contribution in [1.82, 2.24) is 0 Å². The Morgan fingerprint density at radius 2 is 1.76 bits per heavy atom. The van der Waals surface area contributed by atoms with Gasteiger partial charge in [0.1, 0.15) is 0 Å². The molecule has 3 saturated carbocycles. The Hall–Kier alpha value is -0.710. The fourth-order valence-electron chi connectivity index (χ4n) is 7.72. The van der Waals surface area contributed by atoms with Crippen LogP contribution in [0.5, 0.6) is 0 Å². The third kappa shape index (κ3) is 1.77. The molecule has 0 bridgehead atoms. The molecule has 1 N–H and O–H groups in total. The van der Waals surface area contributed by atoms with Crippen LogP contribution in [0.3, 0.4) is 0 Å². The van der Waals surface area contributed by atoms with Crippen LogP contribution in [0.25, 0.3) is 0 Å². The van der Waals surface area contributed by atoms with Crippen LogP contribution >= 0.6 is 0 Å². The van der Waals surface area contributed by atoms with Gasteiger partial charge in [0.2, 0.25) is 5.79 Å². The number of aliphatic hydroxyl groups is 1. The topological polar surface area (TPSA) is 55.8 Å². The van der Waals surface area contributed by atoms with Crippen molar-refractivity contribution in [2.24, 2.45) is 28.6 Å². The highest BCUT2D eigenvalue weighted by Crippen LogP contribution is 2.71. The molecule has 0 amide bonds. The van der Waals surface area contributed by atoms with Gasteiger partial charge >= 0.3 is 0 Å². The molecule has 1 heterocycles. The summed E-state index contributed by atoms with van der Waals surface area (Å²) in [6, 6.07) is 0. The number of allylic oxidation sites excluding steroid dienone is 1. The minimum atomic E-state index is -1.16. The summed E-state index contributed by atoms with van der Waals surface area (Å²) < 4.78 is 0. The van der Waals surface area contributed by atoms with Crippen LogP contribution in [0.2, 0.25) is 0 Å². The van der Waals surface area contributed by atoms with Crippen molar-refractivity contribution in [3.05, 3.63) is 11.6 Å². The van der Waals surface area contributed by atoms with E-state index in [9.17, 15) is 9.90 Å². The molecule has 1 saturated heterocycles. The first-order valence-electron chi connectivity index (χ1n) is 10.1. The molecule has 138 valence electrons. The van der Waals surface area contributed by atoms with E-state index in [1.54, 1.807) is 6.92 Å². The van der Waals surface area contributed by atoms with Gasteiger partial charge in [-0.3, -0.25) is 4.79 Å². The van der Waals surface area contributed by atoms with E-state index in [2.05, 4.69) is 13.8 Å². The second kappa shape index (κ2) is 4.76. The summed E-state index contributed by atoms with van der Waals surface area (Å²) in [5.41, 5.74) is 1.07. The fraction of sp³-hybridized carbons (Fsp3) is 0.857. The van der Waals surface area contributed by atoms with Crippen molar-refractivity contribution in [3.63, 3.8) is 0 Å². The number of fused-ring (bicyclic) bond motifs is 6. The third-order valence-corrected chi connectivity index (χ3v) is 9.18. The molecule has 1 aliphatic heterocycles. The number of carbonyl (C=O) groups excluding carboxylic acids is 1. The van der Waals surface area contributed by atoms with Crippen molar-refractivity contribution in [1.29, 1.82) is 0 Å². The summed E-state index contributed by atoms with van der Waals surface area (Å²) in [6.07, 6.45) is 10.2. The van der Waals surface area contributed by atoms with Crippen LogP contribution in [-0.4, -0.2) is 22.3 Å². The molecular weight excluding hydrogens is 316 g/mol. The molecule has 4 fully saturated rings. The summed E-state index contributed by atoms with van der Waals surface area (Å²) in [7, 11) is 0. The molecule has 1 spiro atoms. The first-order chi connectivity index (χ1) is 11.7. The molecule has 4 heteroatoms. The molecule has 4 aliphatic carbocycles. The zero-order chi connectivity index (χ0) is 17.7. The first kappa shape index (κ1) is 16.5.